The summed E-state index contributed by atoms with van der Waals surface area (Å²) in [6, 6.07) is 24.0. The minimum Gasteiger partial charge on any atom is -0.347 e. The molecule has 3 aromatic rings. The number of nitrogens with one attached hydrogen (secondary N) is 2. The van der Waals surface area contributed by atoms with Crippen LogP contribution in [0.5, 0.6) is 0 Å². The smallest absolute Gasteiger partial charge is 0.240 e. The Bertz CT molecular complexity index is 974. The van der Waals surface area contributed by atoms with E-state index in [1.807, 2.05) is 54.6 Å². The summed E-state index contributed by atoms with van der Waals surface area (Å²) >= 11 is 11.9. The Morgan fingerprint density at radius 1 is 0.733 bits per heavy atom. The topological polar surface area (TPSA) is 58.2 Å². The first-order chi connectivity index (χ1) is 14.5. The Hall–Kier alpha value is -2.82. The normalized spacial score (nSPS) is 11.5. The van der Waals surface area contributed by atoms with Crippen molar-refractivity contribution in [3.8, 4) is 0 Å². The molecule has 0 bridgehead atoms. The van der Waals surface area contributed by atoms with Crippen LogP contribution in [0, 0.1) is 0 Å². The van der Waals surface area contributed by atoms with Crippen LogP contribution < -0.4 is 10.6 Å². The van der Waals surface area contributed by atoms with Crippen LogP contribution >= 0.6 is 23.2 Å². The molecule has 0 aliphatic heterocycles. The van der Waals surface area contributed by atoms with E-state index in [0.717, 1.165) is 16.7 Å². The van der Waals surface area contributed by atoms with Gasteiger partial charge in [0.05, 0.1) is 12.6 Å². The zero-order valence-electron chi connectivity index (χ0n) is 16.3. The third-order valence-electron chi connectivity index (χ3n) is 4.64. The Labute approximate surface area is 186 Å². The highest BCUT2D eigenvalue weighted by atomic mass is 35.5. The lowest BCUT2D eigenvalue weighted by Gasteiger charge is -2.20. The Morgan fingerprint density at radius 2 is 1.30 bits per heavy atom. The minimum absolute atomic E-state index is 0.0869. The maximum atomic E-state index is 12.5. The first kappa shape index (κ1) is 21.9. The largest absolute Gasteiger partial charge is 0.347 e. The molecular weight excluding hydrogens is 419 g/mol. The van der Waals surface area contributed by atoms with Crippen LogP contribution in [0.3, 0.4) is 0 Å². The quantitative estimate of drug-likeness (QED) is 0.520. The maximum absolute atomic E-state index is 12.5. The van der Waals surface area contributed by atoms with Gasteiger partial charge in [0.2, 0.25) is 11.8 Å². The number of hydrogen-bond donors (Lipinski definition) is 2. The van der Waals surface area contributed by atoms with Gasteiger partial charge in [0, 0.05) is 16.5 Å². The highest BCUT2D eigenvalue weighted by Gasteiger charge is 2.17. The summed E-state index contributed by atoms with van der Waals surface area (Å²) in [6.45, 7) is -0.0869. The Balaban J connectivity index is 1.55. The fraction of sp³-hybridized carbons (Fsp3) is 0.167. The Kier molecular flexibility index (Phi) is 7.89. The third-order valence-corrected chi connectivity index (χ3v) is 5.15. The predicted molar refractivity (Wildman–Crippen MR) is 121 cm³/mol. The van der Waals surface area contributed by atoms with Gasteiger partial charge in [-0.3, -0.25) is 9.59 Å². The van der Waals surface area contributed by atoms with E-state index < -0.39 is 0 Å². The standard InChI is InChI=1S/C24H22Cl2N2O2/c25-20-11-6-17(7-12-20)8-15-22(29)27-16-23(30)28-24(18-4-2-1-3-5-18)19-9-13-21(26)14-10-19/h1-7,9-14,24H,8,15-16H2,(H,27,29)(H,28,30). The van der Waals surface area contributed by atoms with Gasteiger partial charge in [-0.05, 0) is 47.4 Å². The van der Waals surface area contributed by atoms with E-state index in [4.69, 9.17) is 23.2 Å². The molecule has 2 amide bonds. The molecule has 4 nitrogen and oxygen atoms in total. The van der Waals surface area contributed by atoms with Crippen molar-refractivity contribution in [1.29, 1.82) is 0 Å². The van der Waals surface area contributed by atoms with E-state index in [0.29, 0.717) is 22.9 Å². The molecule has 1 atom stereocenters. The average molecular weight is 441 g/mol. The molecule has 1 unspecified atom stereocenters. The second-order valence-corrected chi connectivity index (χ2v) is 7.74. The molecule has 0 radical (unpaired) electrons. The summed E-state index contributed by atoms with van der Waals surface area (Å²) < 4.78 is 0. The predicted octanol–water partition coefficient (Wildman–Crippen LogP) is 4.95. The molecule has 2 N–H and O–H groups in total. The molecule has 3 rings (SSSR count). The molecule has 0 saturated carbocycles. The van der Waals surface area contributed by atoms with Crippen LogP contribution in [-0.2, 0) is 16.0 Å². The van der Waals surface area contributed by atoms with Crippen LogP contribution in [0.15, 0.2) is 78.9 Å². The van der Waals surface area contributed by atoms with Crippen molar-refractivity contribution in [3.05, 3.63) is 106 Å². The van der Waals surface area contributed by atoms with Gasteiger partial charge in [-0.25, -0.2) is 0 Å². The van der Waals surface area contributed by atoms with Gasteiger partial charge in [0.1, 0.15) is 0 Å². The summed E-state index contributed by atoms with van der Waals surface area (Å²) in [5.74, 6) is -0.443. The van der Waals surface area contributed by atoms with E-state index in [9.17, 15) is 9.59 Å². The fourth-order valence-electron chi connectivity index (χ4n) is 3.05. The Morgan fingerprint density at radius 3 is 1.93 bits per heavy atom. The summed E-state index contributed by atoms with van der Waals surface area (Å²) in [5, 5.41) is 6.97. The zero-order chi connectivity index (χ0) is 21.3. The number of amides is 2. The van der Waals surface area contributed by atoms with Crippen molar-refractivity contribution in [2.24, 2.45) is 0 Å². The molecule has 154 valence electrons. The number of carbonyl (C=O) groups is 2. The van der Waals surface area contributed by atoms with Crippen molar-refractivity contribution >= 4 is 35.0 Å². The molecule has 6 heteroatoms. The summed E-state index contributed by atoms with van der Waals surface area (Å²) in [7, 11) is 0. The van der Waals surface area contributed by atoms with E-state index in [-0.39, 0.29) is 24.4 Å². The average Bonchev–Trinajstić information content (AvgIpc) is 2.77. The lowest BCUT2D eigenvalue weighted by molar-refractivity contribution is -0.126. The second-order valence-electron chi connectivity index (χ2n) is 6.87. The van der Waals surface area contributed by atoms with Crippen LogP contribution in [-0.4, -0.2) is 18.4 Å². The van der Waals surface area contributed by atoms with Crippen LogP contribution in [0.4, 0.5) is 0 Å². The molecule has 3 aromatic carbocycles. The summed E-state index contributed by atoms with van der Waals surface area (Å²) in [4.78, 5) is 24.6. The fourth-order valence-corrected chi connectivity index (χ4v) is 3.30. The first-order valence-electron chi connectivity index (χ1n) is 9.62. The van der Waals surface area contributed by atoms with Crippen molar-refractivity contribution in [3.63, 3.8) is 0 Å². The number of benzene rings is 3. The van der Waals surface area contributed by atoms with Gasteiger partial charge >= 0.3 is 0 Å². The summed E-state index contributed by atoms with van der Waals surface area (Å²) in [6.07, 6.45) is 0.885. The first-order valence-corrected chi connectivity index (χ1v) is 10.4. The van der Waals surface area contributed by atoms with Crippen LogP contribution in [0.25, 0.3) is 0 Å². The van der Waals surface area contributed by atoms with Crippen LogP contribution in [0.1, 0.15) is 29.2 Å². The van der Waals surface area contributed by atoms with Gasteiger partial charge < -0.3 is 10.6 Å². The van der Waals surface area contributed by atoms with E-state index >= 15 is 0 Å². The molecular formula is C24H22Cl2N2O2. The van der Waals surface area contributed by atoms with E-state index in [1.54, 1.807) is 24.3 Å². The maximum Gasteiger partial charge on any atom is 0.240 e. The highest BCUT2D eigenvalue weighted by molar-refractivity contribution is 6.30. The number of carbonyl (C=O) groups excluding carboxylic acids is 2. The van der Waals surface area contributed by atoms with Crippen molar-refractivity contribution < 1.29 is 9.59 Å². The summed E-state index contributed by atoms with van der Waals surface area (Å²) in [5.41, 5.74) is 2.88. The number of hydrogen-bond acceptors (Lipinski definition) is 2. The number of halogens is 2. The molecule has 30 heavy (non-hydrogen) atoms. The lowest BCUT2D eigenvalue weighted by atomic mass is 9.98. The van der Waals surface area contributed by atoms with Gasteiger partial charge in [-0.15, -0.1) is 0 Å². The van der Waals surface area contributed by atoms with Gasteiger partial charge in [-0.1, -0.05) is 77.8 Å². The van der Waals surface area contributed by atoms with Crippen molar-refractivity contribution in [1.82, 2.24) is 10.6 Å². The molecule has 0 saturated heterocycles. The highest BCUT2D eigenvalue weighted by Crippen LogP contribution is 2.23. The monoisotopic (exact) mass is 440 g/mol. The second kappa shape index (κ2) is 10.8. The van der Waals surface area contributed by atoms with E-state index in [1.165, 1.54) is 0 Å². The van der Waals surface area contributed by atoms with Gasteiger partial charge in [0.15, 0.2) is 0 Å². The minimum atomic E-state index is -0.332. The molecule has 0 aromatic heterocycles. The number of rotatable bonds is 8. The number of aryl methyl sites for hydroxylation is 1. The molecule has 0 aliphatic rings. The van der Waals surface area contributed by atoms with Crippen molar-refractivity contribution in [2.75, 3.05) is 6.54 Å². The SMILES string of the molecule is O=C(CCc1ccc(Cl)cc1)NCC(=O)NC(c1ccccc1)c1ccc(Cl)cc1. The third kappa shape index (κ3) is 6.61. The molecule has 0 spiro atoms. The van der Waals surface area contributed by atoms with Crippen molar-refractivity contribution in [2.45, 2.75) is 18.9 Å². The molecule has 0 fully saturated rings. The molecule has 0 aliphatic carbocycles. The van der Waals surface area contributed by atoms with Gasteiger partial charge in [0.25, 0.3) is 0 Å². The zero-order valence-corrected chi connectivity index (χ0v) is 17.8. The van der Waals surface area contributed by atoms with Crippen LogP contribution in [0.2, 0.25) is 10.0 Å². The van der Waals surface area contributed by atoms with E-state index in [2.05, 4.69) is 10.6 Å². The lowest BCUT2D eigenvalue weighted by Crippen LogP contribution is -2.39. The van der Waals surface area contributed by atoms with Gasteiger partial charge in [-0.2, -0.15) is 0 Å². The molecule has 0 heterocycles.